The first-order chi connectivity index (χ1) is 22.1. The number of hydrogen-bond donors (Lipinski definition) is 1. The van der Waals surface area contributed by atoms with Crippen LogP contribution < -0.4 is 0 Å². The molecule has 1 spiro atoms. The average molecular weight is 715 g/mol. The van der Waals surface area contributed by atoms with Crippen molar-refractivity contribution in [3.8, 4) is 0 Å². The van der Waals surface area contributed by atoms with Crippen LogP contribution in [0.25, 0.3) is 0 Å². The lowest BCUT2D eigenvalue weighted by Gasteiger charge is -2.43. The molecule has 11 heteroatoms. The molecule has 8 atom stereocenters. The molecule has 10 nitrogen and oxygen atoms in total. The molecule has 1 aromatic rings. The fraction of sp³-hybridized carbons (Fsp3) is 0.611. The van der Waals surface area contributed by atoms with Crippen LogP contribution in [0.3, 0.4) is 0 Å². The average Bonchev–Trinajstić information content (AvgIpc) is 3.61. The Kier molecular flexibility index (Phi) is 10.1. The number of esters is 1. The second-order valence-electron chi connectivity index (χ2n) is 14.7. The Morgan fingerprint density at radius 2 is 1.72 bits per heavy atom. The number of allylic oxidation sites excluding steroid dienone is 1. The number of benzene rings is 1. The molecule has 2 saturated heterocycles. The summed E-state index contributed by atoms with van der Waals surface area (Å²) in [6.45, 7) is 11.5. The number of aliphatic hydroxyl groups excluding tert-OH is 1. The minimum Gasteiger partial charge on any atom is -0.455 e. The van der Waals surface area contributed by atoms with E-state index in [1.165, 1.54) is 4.90 Å². The van der Waals surface area contributed by atoms with E-state index in [2.05, 4.69) is 15.9 Å². The SMILES string of the molecule is CC(C)C[C@H](CO)N1C(=O)[C@H]2[C@@H]3C(=O)O[C@H](c4ccccc4)[C@@H](C)N(C)C(=O)CC/C=C\CN(C(C)(C)C)C(=O)[C@H]1[C@@]21C=C(Br)[C@@H]3O1. The molecular formula is C36H48BrN3O7. The van der Waals surface area contributed by atoms with Crippen LogP contribution in [-0.2, 0) is 28.7 Å². The number of ether oxygens (including phenoxy) is 2. The van der Waals surface area contributed by atoms with E-state index in [1.807, 2.05) is 84.0 Å². The molecule has 1 N–H and O–H groups in total. The molecule has 47 heavy (non-hydrogen) atoms. The van der Waals surface area contributed by atoms with E-state index in [1.54, 1.807) is 22.9 Å². The van der Waals surface area contributed by atoms with Gasteiger partial charge >= 0.3 is 5.97 Å². The summed E-state index contributed by atoms with van der Waals surface area (Å²) in [5.41, 5.74) is -1.39. The first-order valence-corrected chi connectivity index (χ1v) is 17.4. The Morgan fingerprint density at radius 3 is 2.34 bits per heavy atom. The van der Waals surface area contributed by atoms with Gasteiger partial charge in [-0.15, -0.1) is 0 Å². The molecule has 2 fully saturated rings. The van der Waals surface area contributed by atoms with Crippen LogP contribution in [0.1, 0.15) is 72.5 Å². The molecule has 4 aliphatic rings. The molecule has 0 radical (unpaired) electrons. The van der Waals surface area contributed by atoms with E-state index in [9.17, 15) is 24.3 Å². The van der Waals surface area contributed by atoms with E-state index >= 15 is 0 Å². The van der Waals surface area contributed by atoms with Gasteiger partial charge in [0.05, 0.1) is 24.6 Å². The first kappa shape index (κ1) is 35.3. The third kappa shape index (κ3) is 6.31. The lowest BCUT2D eigenvalue weighted by molar-refractivity contribution is -0.164. The van der Waals surface area contributed by atoms with E-state index < -0.39 is 65.2 Å². The normalized spacial score (nSPS) is 33.3. The Bertz CT molecular complexity index is 1440. The van der Waals surface area contributed by atoms with E-state index in [0.29, 0.717) is 22.9 Å². The Morgan fingerprint density at radius 1 is 1.04 bits per heavy atom. The number of cyclic esters (lactones) is 1. The van der Waals surface area contributed by atoms with Gasteiger partial charge in [0.25, 0.3) is 0 Å². The second kappa shape index (κ2) is 13.5. The van der Waals surface area contributed by atoms with Gasteiger partial charge in [0.1, 0.15) is 29.8 Å². The molecule has 0 unspecified atom stereocenters. The zero-order chi connectivity index (χ0) is 34.4. The van der Waals surface area contributed by atoms with Crippen molar-refractivity contribution in [2.75, 3.05) is 20.2 Å². The monoisotopic (exact) mass is 713 g/mol. The van der Waals surface area contributed by atoms with Crippen LogP contribution in [-0.4, -0.2) is 99.1 Å². The lowest BCUT2D eigenvalue weighted by Crippen LogP contribution is -2.61. The van der Waals surface area contributed by atoms with E-state index in [4.69, 9.17) is 9.47 Å². The molecule has 256 valence electrons. The highest BCUT2D eigenvalue weighted by molar-refractivity contribution is 9.11. The van der Waals surface area contributed by atoms with Gasteiger partial charge < -0.3 is 29.3 Å². The van der Waals surface area contributed by atoms with E-state index in [-0.39, 0.29) is 37.3 Å². The topological polar surface area (TPSA) is 117 Å². The highest BCUT2D eigenvalue weighted by Crippen LogP contribution is 2.59. The number of fused-ring (bicyclic) bond motifs is 2. The van der Waals surface area contributed by atoms with Crippen LogP contribution >= 0.6 is 15.9 Å². The van der Waals surface area contributed by atoms with Gasteiger partial charge in [-0.3, -0.25) is 19.2 Å². The predicted octanol–water partition coefficient (Wildman–Crippen LogP) is 4.38. The third-order valence-electron chi connectivity index (χ3n) is 10.1. The van der Waals surface area contributed by atoms with Gasteiger partial charge in [-0.25, -0.2) is 0 Å². The fourth-order valence-electron chi connectivity index (χ4n) is 7.66. The van der Waals surface area contributed by atoms with Gasteiger partial charge in [0, 0.05) is 30.0 Å². The predicted molar refractivity (Wildman–Crippen MR) is 180 cm³/mol. The maximum Gasteiger partial charge on any atom is 0.313 e. The van der Waals surface area contributed by atoms with Crippen LogP contribution in [0, 0.1) is 17.8 Å². The van der Waals surface area contributed by atoms with Crippen molar-refractivity contribution in [1.82, 2.24) is 14.7 Å². The number of hydrogen-bond acceptors (Lipinski definition) is 7. The maximum absolute atomic E-state index is 14.9. The van der Waals surface area contributed by atoms with Crippen LogP contribution in [0.4, 0.5) is 0 Å². The molecule has 0 saturated carbocycles. The highest BCUT2D eigenvalue weighted by Gasteiger charge is 2.75. The second-order valence-corrected chi connectivity index (χ2v) is 15.6. The molecule has 3 amide bonds. The molecule has 5 rings (SSSR count). The summed E-state index contributed by atoms with van der Waals surface area (Å²) in [5.74, 6) is -3.47. The third-order valence-corrected chi connectivity index (χ3v) is 10.8. The maximum atomic E-state index is 14.9. The Balaban J connectivity index is 1.67. The number of carbonyl (C=O) groups is 4. The smallest absolute Gasteiger partial charge is 0.313 e. The van der Waals surface area contributed by atoms with Crippen LogP contribution in [0.15, 0.2) is 53.0 Å². The van der Waals surface area contributed by atoms with Crippen LogP contribution in [0.2, 0.25) is 0 Å². The summed E-state index contributed by atoms with van der Waals surface area (Å²) in [7, 11) is 1.70. The summed E-state index contributed by atoms with van der Waals surface area (Å²) < 4.78 is 13.6. The molecule has 0 aromatic heterocycles. The number of likely N-dealkylation sites (tertiary alicyclic amines) is 1. The van der Waals surface area contributed by atoms with E-state index in [0.717, 1.165) is 0 Å². The Labute approximate surface area is 286 Å². The van der Waals surface area contributed by atoms with Crippen molar-refractivity contribution in [2.45, 2.75) is 102 Å². The quantitative estimate of drug-likeness (QED) is 0.356. The summed E-state index contributed by atoms with van der Waals surface area (Å²) in [4.78, 5) is 62.2. The van der Waals surface area contributed by atoms with Gasteiger partial charge in [-0.2, -0.15) is 0 Å². The van der Waals surface area contributed by atoms with Crippen molar-refractivity contribution >= 4 is 39.6 Å². The first-order valence-electron chi connectivity index (χ1n) is 16.6. The number of aliphatic hydroxyl groups is 1. The summed E-state index contributed by atoms with van der Waals surface area (Å²) >= 11 is 3.62. The molecular weight excluding hydrogens is 666 g/mol. The Hall–Kier alpha value is -3.02. The largest absolute Gasteiger partial charge is 0.455 e. The highest BCUT2D eigenvalue weighted by atomic mass is 79.9. The minimum absolute atomic E-state index is 0.106. The summed E-state index contributed by atoms with van der Waals surface area (Å²) in [5, 5.41) is 10.6. The van der Waals surface area contributed by atoms with Gasteiger partial charge in [0.2, 0.25) is 17.7 Å². The van der Waals surface area contributed by atoms with Crippen molar-refractivity contribution in [3.05, 3.63) is 58.6 Å². The van der Waals surface area contributed by atoms with Gasteiger partial charge in [-0.1, -0.05) is 72.3 Å². The minimum atomic E-state index is -1.45. The number of amides is 3. The van der Waals surface area contributed by atoms with Crippen molar-refractivity contribution < 1.29 is 33.8 Å². The van der Waals surface area contributed by atoms with Gasteiger partial charge in [0.15, 0.2) is 0 Å². The summed E-state index contributed by atoms with van der Waals surface area (Å²) in [6.07, 6.45) is 5.07. The number of likely N-dealkylation sites (N-methyl/N-ethyl adjacent to an activating group) is 1. The molecule has 4 heterocycles. The van der Waals surface area contributed by atoms with Crippen molar-refractivity contribution in [1.29, 1.82) is 0 Å². The number of halogens is 1. The molecule has 4 aliphatic heterocycles. The van der Waals surface area contributed by atoms with Gasteiger partial charge in [-0.05, 0) is 58.1 Å². The molecule has 1 aromatic carbocycles. The zero-order valence-electron chi connectivity index (χ0n) is 28.4. The summed E-state index contributed by atoms with van der Waals surface area (Å²) in [6, 6.07) is 6.95. The molecule has 0 aliphatic carbocycles. The number of nitrogens with zero attached hydrogens (tertiary/aromatic N) is 3. The van der Waals surface area contributed by atoms with Crippen molar-refractivity contribution in [3.63, 3.8) is 0 Å². The molecule has 5 bridgehead atoms. The fourth-order valence-corrected chi connectivity index (χ4v) is 8.40. The standard InChI is InChI=1S/C36H48BrN3O7/c1-21(2)18-24(20-41)40-31-33(44)39(35(4,5)6)17-13-9-12-16-26(42)38(7)22(3)29(23-14-10-8-11-15-23)46-34(45)27-28(32(40)43)36(31)19-25(37)30(27)47-36/h8-11,13-15,19,21-22,24,27-31,41H,12,16-18,20H2,1-7H3/b13-9-/t22-,24-,27+,28-,29+,30+,31+,36-/m1/s1. The van der Waals surface area contributed by atoms with Crippen molar-refractivity contribution in [2.24, 2.45) is 17.8 Å². The number of rotatable bonds is 5. The lowest BCUT2D eigenvalue weighted by atomic mass is 9.74. The zero-order valence-corrected chi connectivity index (χ0v) is 30.0. The number of carbonyl (C=O) groups excluding carboxylic acids is 4. The van der Waals surface area contributed by atoms with Crippen LogP contribution in [0.5, 0.6) is 0 Å².